The lowest BCUT2D eigenvalue weighted by atomic mass is 9.93. The molecule has 4 aromatic rings. The topological polar surface area (TPSA) is 86.9 Å². The zero-order chi connectivity index (χ0) is 29.7. The molecular formula is C37H41N5O2. The fourth-order valence-corrected chi connectivity index (χ4v) is 8.51. The van der Waals surface area contributed by atoms with Gasteiger partial charge in [-0.25, -0.2) is 14.8 Å². The van der Waals surface area contributed by atoms with E-state index in [-0.39, 0.29) is 18.2 Å². The Bertz CT molecular complexity index is 1750. The summed E-state index contributed by atoms with van der Waals surface area (Å²) < 4.78 is 5.78. The fourth-order valence-electron chi connectivity index (χ4n) is 8.51. The average Bonchev–Trinajstić information content (AvgIpc) is 3.53. The Morgan fingerprint density at radius 3 is 2.30 bits per heavy atom. The number of aromatic amines is 2. The summed E-state index contributed by atoms with van der Waals surface area (Å²) in [5.74, 6) is 5.11. The number of hydrogen-bond donors (Lipinski definition) is 2. The second-order valence-electron chi connectivity index (χ2n) is 15.1. The Labute approximate surface area is 258 Å². The van der Waals surface area contributed by atoms with Gasteiger partial charge in [-0.05, 0) is 130 Å². The Hall–Kier alpha value is -3.87. The number of nitrogens with zero attached hydrogens (tertiary/aromatic N) is 3. The number of piperidine rings is 1. The first-order valence-corrected chi connectivity index (χ1v) is 16.7. The number of aryl methyl sites for hydroxylation is 1. The summed E-state index contributed by atoms with van der Waals surface area (Å²) in [7, 11) is 0. The van der Waals surface area contributed by atoms with Crippen molar-refractivity contribution in [1.29, 1.82) is 0 Å². The first kappa shape index (κ1) is 26.5. The summed E-state index contributed by atoms with van der Waals surface area (Å²) >= 11 is 0. The second kappa shape index (κ2) is 9.56. The van der Waals surface area contributed by atoms with Crippen molar-refractivity contribution in [1.82, 2.24) is 24.8 Å². The maximum Gasteiger partial charge on any atom is 0.411 e. The van der Waals surface area contributed by atoms with Crippen LogP contribution >= 0.6 is 0 Å². The predicted molar refractivity (Wildman–Crippen MR) is 170 cm³/mol. The largest absolute Gasteiger partial charge is 0.444 e. The van der Waals surface area contributed by atoms with Crippen molar-refractivity contribution < 1.29 is 9.53 Å². The molecule has 0 bridgehead atoms. The van der Waals surface area contributed by atoms with Crippen LogP contribution in [-0.2, 0) is 17.6 Å². The molecule has 1 saturated heterocycles. The first-order chi connectivity index (χ1) is 21.3. The van der Waals surface area contributed by atoms with E-state index in [9.17, 15) is 4.79 Å². The van der Waals surface area contributed by atoms with E-state index in [2.05, 4.69) is 46.4 Å². The summed E-state index contributed by atoms with van der Waals surface area (Å²) in [6, 6.07) is 13.9. The molecule has 4 fully saturated rings. The van der Waals surface area contributed by atoms with Gasteiger partial charge in [0.1, 0.15) is 17.2 Å². The number of nitrogens with one attached hydrogen (secondary N) is 2. The van der Waals surface area contributed by atoms with Gasteiger partial charge < -0.3 is 14.7 Å². The highest BCUT2D eigenvalue weighted by Gasteiger charge is 2.56. The van der Waals surface area contributed by atoms with Gasteiger partial charge in [-0.3, -0.25) is 4.90 Å². The molecule has 0 radical (unpaired) electrons. The van der Waals surface area contributed by atoms with Crippen LogP contribution in [0, 0.1) is 17.8 Å². The molecule has 3 saturated carbocycles. The molecule has 5 aliphatic rings. The Morgan fingerprint density at radius 2 is 1.52 bits per heavy atom. The van der Waals surface area contributed by atoms with E-state index >= 15 is 0 Å². The number of likely N-dealkylation sites (tertiary alicyclic amines) is 1. The third-order valence-electron chi connectivity index (χ3n) is 10.9. The predicted octanol–water partition coefficient (Wildman–Crippen LogP) is 8.21. The first-order valence-electron chi connectivity index (χ1n) is 16.7. The summed E-state index contributed by atoms with van der Waals surface area (Å²) in [6.45, 7) is 5.78. The molecule has 1 aliphatic heterocycles. The highest BCUT2D eigenvalue weighted by atomic mass is 16.6. The van der Waals surface area contributed by atoms with E-state index in [0.29, 0.717) is 11.8 Å². The minimum Gasteiger partial charge on any atom is -0.444 e. The van der Waals surface area contributed by atoms with Gasteiger partial charge in [-0.1, -0.05) is 24.3 Å². The minimum absolute atomic E-state index is 0.0638. The van der Waals surface area contributed by atoms with Crippen LogP contribution in [0.3, 0.4) is 0 Å². The van der Waals surface area contributed by atoms with Crippen molar-refractivity contribution in [2.75, 3.05) is 0 Å². The van der Waals surface area contributed by atoms with E-state index in [1.54, 1.807) is 0 Å². The van der Waals surface area contributed by atoms with Crippen LogP contribution in [0.1, 0.15) is 94.0 Å². The van der Waals surface area contributed by atoms with Crippen molar-refractivity contribution in [3.8, 4) is 33.6 Å². The van der Waals surface area contributed by atoms with E-state index in [0.717, 1.165) is 60.3 Å². The molecular weight excluding hydrogens is 546 g/mol. The number of H-pyrrole nitrogens is 2. The summed E-state index contributed by atoms with van der Waals surface area (Å²) in [5, 5.41) is 0. The second-order valence-corrected chi connectivity index (χ2v) is 15.1. The monoisotopic (exact) mass is 587 g/mol. The number of aromatic nitrogens is 4. The number of fused-ring (bicyclic) bond motifs is 3. The normalized spacial score (nSPS) is 28.1. The van der Waals surface area contributed by atoms with Gasteiger partial charge in [0, 0.05) is 17.5 Å². The number of carbonyl (C=O) groups excluding carboxylic acids is 1. The molecule has 7 heteroatoms. The van der Waals surface area contributed by atoms with E-state index in [1.807, 2.05) is 38.1 Å². The van der Waals surface area contributed by atoms with Gasteiger partial charge in [0.15, 0.2) is 0 Å². The van der Waals surface area contributed by atoms with Crippen molar-refractivity contribution in [2.24, 2.45) is 17.8 Å². The summed E-state index contributed by atoms with van der Waals surface area (Å²) in [4.78, 5) is 31.9. The number of carbonyl (C=O) groups is 1. The maximum absolute atomic E-state index is 13.1. The fraction of sp³-hybridized carbons (Fsp3) is 0.486. The quantitative estimate of drug-likeness (QED) is 0.246. The van der Waals surface area contributed by atoms with Crippen LogP contribution in [0.25, 0.3) is 33.6 Å². The zero-order valence-electron chi connectivity index (χ0n) is 25.9. The molecule has 9 rings (SSSR count). The molecule has 1 unspecified atom stereocenters. The molecule has 6 atom stereocenters. The minimum atomic E-state index is -0.515. The molecule has 2 N–H and O–H groups in total. The van der Waals surface area contributed by atoms with Gasteiger partial charge in [0.05, 0.1) is 29.8 Å². The van der Waals surface area contributed by atoms with E-state index in [1.165, 1.54) is 59.3 Å². The maximum atomic E-state index is 13.1. The third kappa shape index (κ3) is 4.58. The number of hydrogen-bond acceptors (Lipinski definition) is 4. The van der Waals surface area contributed by atoms with Gasteiger partial charge in [-0.15, -0.1) is 0 Å². The van der Waals surface area contributed by atoms with Crippen molar-refractivity contribution in [2.45, 2.75) is 95.7 Å². The molecule has 0 spiro atoms. The summed E-state index contributed by atoms with van der Waals surface area (Å²) in [6.07, 6.45) is 13.2. The zero-order valence-corrected chi connectivity index (χ0v) is 25.9. The van der Waals surface area contributed by atoms with Crippen LogP contribution in [0.15, 0.2) is 48.8 Å². The lowest BCUT2D eigenvalue weighted by Crippen LogP contribution is -2.38. The molecule has 2 aromatic carbocycles. The van der Waals surface area contributed by atoms with E-state index in [4.69, 9.17) is 14.7 Å². The molecule has 44 heavy (non-hydrogen) atoms. The molecule has 226 valence electrons. The Morgan fingerprint density at radius 1 is 0.818 bits per heavy atom. The van der Waals surface area contributed by atoms with Crippen molar-refractivity contribution in [3.05, 3.63) is 71.6 Å². The van der Waals surface area contributed by atoms with Gasteiger partial charge in [0.2, 0.25) is 0 Å². The summed E-state index contributed by atoms with van der Waals surface area (Å²) in [5.41, 5.74) is 9.41. The molecule has 2 aromatic heterocycles. The number of ether oxygens (including phenoxy) is 1. The van der Waals surface area contributed by atoms with Gasteiger partial charge in [0.25, 0.3) is 0 Å². The van der Waals surface area contributed by atoms with Crippen LogP contribution in [0.2, 0.25) is 0 Å². The molecule has 3 heterocycles. The molecule has 1 amide bonds. The third-order valence-corrected chi connectivity index (χ3v) is 10.9. The van der Waals surface area contributed by atoms with Crippen LogP contribution in [0.5, 0.6) is 0 Å². The van der Waals surface area contributed by atoms with Gasteiger partial charge >= 0.3 is 6.09 Å². The lowest BCUT2D eigenvalue weighted by Gasteiger charge is -2.29. The van der Waals surface area contributed by atoms with Crippen LogP contribution in [-0.4, -0.2) is 42.6 Å². The van der Waals surface area contributed by atoms with Gasteiger partial charge in [-0.2, -0.15) is 0 Å². The van der Waals surface area contributed by atoms with Crippen LogP contribution in [0.4, 0.5) is 4.79 Å². The van der Waals surface area contributed by atoms with Crippen molar-refractivity contribution in [3.63, 3.8) is 0 Å². The van der Waals surface area contributed by atoms with Crippen LogP contribution < -0.4 is 0 Å². The average molecular weight is 588 g/mol. The lowest BCUT2D eigenvalue weighted by molar-refractivity contribution is 0.0175. The highest BCUT2D eigenvalue weighted by Crippen LogP contribution is 2.57. The Balaban J connectivity index is 0.983. The highest BCUT2D eigenvalue weighted by molar-refractivity contribution is 5.78. The Kier molecular flexibility index (Phi) is 5.77. The molecule has 7 nitrogen and oxygen atoms in total. The SMILES string of the molecule is CC(C)(C)OC(=O)N1[C@@H]2C[C@@H]2C[C@H]1c1ncc(-c2cc3c(c(-c4ccc(-c5cnc(C6C[C@@H]7C[C@@H]7C6)[nH]5)cc4)c2)CCC3)[nH]1. The standard InChI is InChI=1S/C37H41N5O2/c1-37(2,3)44-36(43)42-32-16-26(32)17-33(42)35-39-19-31(41-35)25-11-22-5-4-6-28(22)29(15-25)20-7-9-21(10-8-20)30-18-38-34(40-30)27-13-23-12-24(23)14-27/h7-11,15,18-19,23-24,26-27,32-33H,4-6,12-14,16-17H2,1-3H3,(H,38,40)(H,39,41)/t23-,24+,26-,27?,32-,33+/m1/s1. The number of rotatable bonds is 5. The number of amides is 1. The number of benzene rings is 2. The molecule has 4 aliphatic carbocycles. The smallest absolute Gasteiger partial charge is 0.411 e. The number of imidazole rings is 2. The van der Waals surface area contributed by atoms with Crippen molar-refractivity contribution >= 4 is 6.09 Å². The van der Waals surface area contributed by atoms with E-state index < -0.39 is 5.60 Å².